The highest BCUT2D eigenvalue weighted by atomic mass is 16.5. The van der Waals surface area contributed by atoms with Crippen LogP contribution in [0.2, 0.25) is 0 Å². The molecule has 1 amide bonds. The van der Waals surface area contributed by atoms with Crippen LogP contribution < -0.4 is 16.0 Å². The highest BCUT2D eigenvalue weighted by Crippen LogP contribution is 2.25. The summed E-state index contributed by atoms with van der Waals surface area (Å²) in [4.78, 5) is 11.1. The molecule has 0 radical (unpaired) electrons. The van der Waals surface area contributed by atoms with E-state index >= 15 is 0 Å². The molecule has 0 spiro atoms. The fraction of sp³-hybridized carbons (Fsp3) is 0.300. The van der Waals surface area contributed by atoms with Gasteiger partial charge in [-0.2, -0.15) is 0 Å². The molecule has 2 rings (SSSR count). The van der Waals surface area contributed by atoms with E-state index in [0.29, 0.717) is 18.6 Å². The minimum absolute atomic E-state index is 0.0371. The minimum Gasteiger partial charge on any atom is -0.492 e. The topological polar surface area (TPSA) is 84.6 Å². The van der Waals surface area contributed by atoms with E-state index in [2.05, 4.69) is 0 Å². The molecule has 15 heavy (non-hydrogen) atoms. The monoisotopic (exact) mass is 208 g/mol. The number of hydrogen-bond donors (Lipinski definition) is 3. The molecular formula is C10H12N2O3. The van der Waals surface area contributed by atoms with Crippen LogP contribution in [0.1, 0.15) is 15.9 Å². The van der Waals surface area contributed by atoms with Crippen molar-refractivity contribution in [1.29, 1.82) is 0 Å². The molecule has 0 aliphatic carbocycles. The molecule has 4 N–H and O–H groups in total. The van der Waals surface area contributed by atoms with Crippen molar-refractivity contribution in [3.63, 3.8) is 0 Å². The summed E-state index contributed by atoms with van der Waals surface area (Å²) in [5.74, 6) is 0.225. The molecule has 0 aromatic heterocycles. The van der Waals surface area contributed by atoms with Crippen molar-refractivity contribution in [2.75, 3.05) is 6.61 Å². The van der Waals surface area contributed by atoms with Crippen molar-refractivity contribution in [3.05, 3.63) is 29.3 Å². The van der Waals surface area contributed by atoms with Crippen LogP contribution in [0.3, 0.4) is 0 Å². The molecule has 0 fully saturated rings. The number of hydrogen-bond acceptors (Lipinski definition) is 4. The Morgan fingerprint density at radius 2 is 2.40 bits per heavy atom. The van der Waals surface area contributed by atoms with Crippen LogP contribution in [0.15, 0.2) is 18.2 Å². The summed E-state index contributed by atoms with van der Waals surface area (Å²) < 4.78 is 5.38. The second-order valence-electron chi connectivity index (χ2n) is 3.54. The number of benzene rings is 1. The summed E-state index contributed by atoms with van der Waals surface area (Å²) >= 11 is 0. The van der Waals surface area contributed by atoms with Gasteiger partial charge in [-0.15, -0.1) is 0 Å². The number of rotatable bonds is 1. The van der Waals surface area contributed by atoms with Crippen molar-refractivity contribution in [1.82, 2.24) is 5.48 Å². The molecular weight excluding hydrogens is 196 g/mol. The summed E-state index contributed by atoms with van der Waals surface area (Å²) in [5, 5.41) is 8.49. The summed E-state index contributed by atoms with van der Waals surface area (Å²) in [6.45, 7) is 0.499. The second-order valence-corrected chi connectivity index (χ2v) is 3.54. The lowest BCUT2D eigenvalue weighted by Gasteiger charge is -2.22. The van der Waals surface area contributed by atoms with Gasteiger partial charge in [-0.1, -0.05) is 0 Å². The van der Waals surface area contributed by atoms with Gasteiger partial charge in [0.05, 0.1) is 0 Å². The van der Waals surface area contributed by atoms with Gasteiger partial charge in [-0.3, -0.25) is 10.0 Å². The molecule has 1 unspecified atom stereocenters. The number of ether oxygens (including phenoxy) is 1. The SMILES string of the molecule is NC1COc2ccc(C(=O)NO)cc2C1. The highest BCUT2D eigenvalue weighted by molar-refractivity contribution is 5.93. The van der Waals surface area contributed by atoms with Crippen LogP contribution in [0, 0.1) is 0 Å². The maximum absolute atomic E-state index is 11.1. The molecule has 1 heterocycles. The first-order chi connectivity index (χ1) is 7.20. The predicted molar refractivity (Wildman–Crippen MR) is 52.9 cm³/mol. The third kappa shape index (κ3) is 1.93. The van der Waals surface area contributed by atoms with Gasteiger partial charge in [0.15, 0.2) is 0 Å². The number of amides is 1. The Kier molecular flexibility index (Phi) is 2.57. The number of nitrogens with one attached hydrogen (secondary N) is 1. The first-order valence-corrected chi connectivity index (χ1v) is 4.66. The Bertz CT molecular complexity index is 392. The molecule has 1 aromatic rings. The zero-order valence-electron chi connectivity index (χ0n) is 8.06. The van der Waals surface area contributed by atoms with E-state index in [1.165, 1.54) is 0 Å². The minimum atomic E-state index is -0.531. The van der Waals surface area contributed by atoms with Gasteiger partial charge in [0.1, 0.15) is 12.4 Å². The Morgan fingerprint density at radius 1 is 1.60 bits per heavy atom. The van der Waals surface area contributed by atoms with Gasteiger partial charge < -0.3 is 10.5 Å². The summed E-state index contributed by atoms with van der Waals surface area (Å²) in [6.07, 6.45) is 0.682. The van der Waals surface area contributed by atoms with E-state index in [-0.39, 0.29) is 6.04 Å². The normalized spacial score (nSPS) is 18.9. The average Bonchev–Trinajstić information content (AvgIpc) is 2.27. The number of carbonyl (C=O) groups excluding carboxylic acids is 1. The quantitative estimate of drug-likeness (QED) is 0.450. The zero-order valence-corrected chi connectivity index (χ0v) is 8.06. The van der Waals surface area contributed by atoms with Gasteiger partial charge in [0.25, 0.3) is 5.91 Å². The molecule has 0 bridgehead atoms. The third-order valence-electron chi connectivity index (χ3n) is 2.36. The van der Waals surface area contributed by atoms with Crippen LogP contribution >= 0.6 is 0 Å². The van der Waals surface area contributed by atoms with Crippen molar-refractivity contribution in [2.45, 2.75) is 12.5 Å². The zero-order chi connectivity index (χ0) is 10.8. The Balaban J connectivity index is 2.32. The number of hydroxylamine groups is 1. The fourth-order valence-corrected chi connectivity index (χ4v) is 1.62. The smallest absolute Gasteiger partial charge is 0.274 e. The molecule has 1 aromatic carbocycles. The van der Waals surface area contributed by atoms with Crippen LogP contribution in [0.4, 0.5) is 0 Å². The number of nitrogens with two attached hydrogens (primary N) is 1. The molecule has 5 heteroatoms. The third-order valence-corrected chi connectivity index (χ3v) is 2.36. The second kappa shape index (κ2) is 3.88. The van der Waals surface area contributed by atoms with E-state index in [9.17, 15) is 4.79 Å². The Morgan fingerprint density at radius 3 is 3.13 bits per heavy atom. The largest absolute Gasteiger partial charge is 0.492 e. The van der Waals surface area contributed by atoms with E-state index in [1.54, 1.807) is 23.7 Å². The average molecular weight is 208 g/mol. The summed E-state index contributed by atoms with van der Waals surface area (Å²) in [5.41, 5.74) is 8.62. The van der Waals surface area contributed by atoms with Crippen LogP contribution in [-0.4, -0.2) is 23.8 Å². The Hall–Kier alpha value is -1.59. The number of carbonyl (C=O) groups is 1. The van der Waals surface area contributed by atoms with Gasteiger partial charge in [-0.05, 0) is 30.2 Å². The molecule has 1 aliphatic rings. The van der Waals surface area contributed by atoms with E-state index in [0.717, 1.165) is 11.3 Å². The van der Waals surface area contributed by atoms with Crippen LogP contribution in [0.5, 0.6) is 5.75 Å². The number of fused-ring (bicyclic) bond motifs is 1. The lowest BCUT2D eigenvalue weighted by Crippen LogP contribution is -2.34. The predicted octanol–water partition coefficient (Wildman–Crippen LogP) is 0.0678. The highest BCUT2D eigenvalue weighted by Gasteiger charge is 2.18. The first-order valence-electron chi connectivity index (χ1n) is 4.66. The summed E-state index contributed by atoms with van der Waals surface area (Å²) in [6, 6.07) is 4.96. The molecule has 0 saturated heterocycles. The van der Waals surface area contributed by atoms with E-state index < -0.39 is 5.91 Å². The molecule has 1 atom stereocenters. The fourth-order valence-electron chi connectivity index (χ4n) is 1.62. The van der Waals surface area contributed by atoms with Crippen LogP contribution in [-0.2, 0) is 6.42 Å². The van der Waals surface area contributed by atoms with Crippen molar-refractivity contribution >= 4 is 5.91 Å². The molecule has 80 valence electrons. The van der Waals surface area contributed by atoms with Crippen LogP contribution in [0.25, 0.3) is 0 Å². The van der Waals surface area contributed by atoms with Gasteiger partial charge >= 0.3 is 0 Å². The lowest BCUT2D eigenvalue weighted by molar-refractivity contribution is 0.0706. The first kappa shape index (κ1) is 9.95. The van der Waals surface area contributed by atoms with Gasteiger partial charge in [-0.25, -0.2) is 5.48 Å². The van der Waals surface area contributed by atoms with E-state index in [4.69, 9.17) is 15.7 Å². The summed E-state index contributed by atoms with van der Waals surface area (Å²) in [7, 11) is 0. The van der Waals surface area contributed by atoms with Crippen molar-refractivity contribution in [3.8, 4) is 5.75 Å². The maximum Gasteiger partial charge on any atom is 0.274 e. The molecule has 5 nitrogen and oxygen atoms in total. The van der Waals surface area contributed by atoms with E-state index in [1.807, 2.05) is 0 Å². The maximum atomic E-state index is 11.1. The van der Waals surface area contributed by atoms with Gasteiger partial charge in [0.2, 0.25) is 0 Å². The lowest BCUT2D eigenvalue weighted by atomic mass is 10.0. The standard InChI is InChI=1S/C10H12N2O3/c11-8-4-7-3-6(10(13)12-14)1-2-9(7)15-5-8/h1-3,8,14H,4-5,11H2,(H,12,13). The van der Waals surface area contributed by atoms with Crippen molar-refractivity contribution < 1.29 is 14.7 Å². The molecule has 0 saturated carbocycles. The Labute approximate surface area is 86.8 Å². The van der Waals surface area contributed by atoms with Gasteiger partial charge in [0, 0.05) is 11.6 Å². The molecule has 1 aliphatic heterocycles. The van der Waals surface area contributed by atoms with Crippen molar-refractivity contribution in [2.24, 2.45) is 5.73 Å².